The topological polar surface area (TPSA) is 87.7 Å². The van der Waals surface area contributed by atoms with Crippen LogP contribution in [0.25, 0.3) is 0 Å². The third kappa shape index (κ3) is 5.59. The van der Waals surface area contributed by atoms with Gasteiger partial charge in [0, 0.05) is 25.2 Å². The molecule has 7 nitrogen and oxygen atoms in total. The van der Waals surface area contributed by atoms with E-state index in [2.05, 4.69) is 10.6 Å². The van der Waals surface area contributed by atoms with Gasteiger partial charge in [-0.25, -0.2) is 0 Å². The van der Waals surface area contributed by atoms with E-state index in [0.717, 1.165) is 18.4 Å². The maximum Gasteiger partial charge on any atom is 0.257 e. The minimum absolute atomic E-state index is 0.000595. The van der Waals surface area contributed by atoms with Crippen molar-refractivity contribution in [3.63, 3.8) is 0 Å². The lowest BCUT2D eigenvalue weighted by molar-refractivity contribution is -0.141. The molecule has 0 bridgehead atoms. The zero-order valence-corrected chi connectivity index (χ0v) is 17.1. The molecule has 1 fully saturated rings. The molecule has 1 aliphatic rings. The number of nitrogens with zero attached hydrogens (tertiary/aromatic N) is 1. The molecule has 7 heteroatoms. The number of piperidine rings is 1. The van der Waals surface area contributed by atoms with E-state index in [1.807, 2.05) is 37.3 Å². The molecule has 0 aliphatic carbocycles. The number of amides is 3. The van der Waals surface area contributed by atoms with Crippen LogP contribution in [-0.2, 0) is 14.4 Å². The van der Waals surface area contributed by atoms with Gasteiger partial charge in [-0.15, -0.1) is 0 Å². The second kappa shape index (κ2) is 10.4. The Balaban J connectivity index is 1.69. The van der Waals surface area contributed by atoms with E-state index in [4.69, 9.17) is 4.74 Å². The molecule has 0 radical (unpaired) electrons. The van der Waals surface area contributed by atoms with Gasteiger partial charge in [-0.05, 0) is 49.6 Å². The molecule has 2 aromatic rings. The van der Waals surface area contributed by atoms with E-state index >= 15 is 0 Å². The Morgan fingerprint density at radius 1 is 1.07 bits per heavy atom. The molecule has 1 unspecified atom stereocenters. The molecule has 1 aliphatic heterocycles. The lowest BCUT2D eigenvalue weighted by atomic mass is 10.0. The highest BCUT2D eigenvalue weighted by Crippen LogP contribution is 2.27. The Morgan fingerprint density at radius 2 is 1.80 bits per heavy atom. The second-order valence-corrected chi connectivity index (χ2v) is 7.11. The molecular weight excluding hydrogens is 382 g/mol. The van der Waals surface area contributed by atoms with Crippen LogP contribution >= 0.6 is 0 Å². The SMILES string of the molecule is CCNC(=O)COc1ccc(NC(=O)C(c2ccccc2)N2CCCCC2=O)cc1. The maximum absolute atomic E-state index is 13.1. The van der Waals surface area contributed by atoms with Gasteiger partial charge in [-0.2, -0.15) is 0 Å². The number of rotatable bonds is 8. The normalized spacial score (nSPS) is 14.7. The van der Waals surface area contributed by atoms with E-state index in [-0.39, 0.29) is 24.3 Å². The average Bonchev–Trinajstić information content (AvgIpc) is 2.76. The van der Waals surface area contributed by atoms with Crippen LogP contribution in [0.4, 0.5) is 5.69 Å². The molecule has 3 amide bonds. The molecule has 3 rings (SSSR count). The van der Waals surface area contributed by atoms with Crippen molar-refractivity contribution in [2.75, 3.05) is 25.0 Å². The summed E-state index contributed by atoms with van der Waals surface area (Å²) >= 11 is 0. The van der Waals surface area contributed by atoms with Crippen LogP contribution in [-0.4, -0.2) is 42.3 Å². The molecule has 1 saturated heterocycles. The van der Waals surface area contributed by atoms with Gasteiger partial charge in [0.25, 0.3) is 11.8 Å². The smallest absolute Gasteiger partial charge is 0.257 e. The predicted octanol–water partition coefficient (Wildman–Crippen LogP) is 2.89. The van der Waals surface area contributed by atoms with E-state index in [9.17, 15) is 14.4 Å². The fourth-order valence-corrected chi connectivity index (χ4v) is 3.45. The summed E-state index contributed by atoms with van der Waals surface area (Å²) in [5.74, 6) is 0.0867. The summed E-state index contributed by atoms with van der Waals surface area (Å²) in [6, 6.07) is 15.5. The standard InChI is InChI=1S/C23H27N3O4/c1-2-24-20(27)16-30-19-13-11-18(12-14-19)25-23(29)22(17-8-4-3-5-9-17)26-15-7-6-10-21(26)28/h3-5,8-9,11-14,22H,2,6-7,10,15-16H2,1H3,(H,24,27)(H,25,29). The highest BCUT2D eigenvalue weighted by Gasteiger charge is 2.32. The van der Waals surface area contributed by atoms with Crippen molar-refractivity contribution in [3.8, 4) is 5.75 Å². The van der Waals surface area contributed by atoms with Gasteiger partial charge in [0.05, 0.1) is 0 Å². The number of ether oxygens (including phenoxy) is 1. The second-order valence-electron chi connectivity index (χ2n) is 7.11. The van der Waals surface area contributed by atoms with Crippen LogP contribution < -0.4 is 15.4 Å². The first-order chi connectivity index (χ1) is 14.6. The number of hydrogen-bond acceptors (Lipinski definition) is 4. The van der Waals surface area contributed by atoms with Gasteiger partial charge in [-0.3, -0.25) is 14.4 Å². The summed E-state index contributed by atoms with van der Waals surface area (Å²) in [4.78, 5) is 38.8. The number of nitrogens with one attached hydrogen (secondary N) is 2. The van der Waals surface area contributed by atoms with Gasteiger partial charge in [0.15, 0.2) is 6.61 Å². The van der Waals surface area contributed by atoms with Gasteiger partial charge in [0.2, 0.25) is 5.91 Å². The predicted molar refractivity (Wildman–Crippen MR) is 114 cm³/mol. The largest absolute Gasteiger partial charge is 0.484 e. The Hall–Kier alpha value is -3.35. The van der Waals surface area contributed by atoms with Gasteiger partial charge in [-0.1, -0.05) is 30.3 Å². The Kier molecular flexibility index (Phi) is 7.43. The number of hydrogen-bond donors (Lipinski definition) is 2. The molecule has 1 heterocycles. The summed E-state index contributed by atoms with van der Waals surface area (Å²) in [6.45, 7) is 2.90. The number of likely N-dealkylation sites (tertiary alicyclic amines) is 1. The van der Waals surface area contributed by atoms with Gasteiger partial charge >= 0.3 is 0 Å². The summed E-state index contributed by atoms with van der Waals surface area (Å²) in [5, 5.41) is 5.57. The zero-order chi connectivity index (χ0) is 21.3. The van der Waals surface area contributed by atoms with Crippen molar-refractivity contribution >= 4 is 23.4 Å². The van der Waals surface area contributed by atoms with Gasteiger partial charge in [0.1, 0.15) is 11.8 Å². The van der Waals surface area contributed by atoms with Crippen molar-refractivity contribution in [1.29, 1.82) is 0 Å². The number of anilines is 1. The van der Waals surface area contributed by atoms with Crippen molar-refractivity contribution in [2.24, 2.45) is 0 Å². The van der Waals surface area contributed by atoms with E-state index in [1.165, 1.54) is 0 Å². The summed E-state index contributed by atoms with van der Waals surface area (Å²) in [6.07, 6.45) is 2.21. The Bertz CT molecular complexity index is 868. The van der Waals surface area contributed by atoms with Crippen molar-refractivity contribution in [3.05, 3.63) is 60.2 Å². The molecule has 30 heavy (non-hydrogen) atoms. The minimum Gasteiger partial charge on any atom is -0.484 e. The molecule has 2 aromatic carbocycles. The monoisotopic (exact) mass is 409 g/mol. The molecule has 158 valence electrons. The van der Waals surface area contributed by atoms with E-state index < -0.39 is 6.04 Å². The molecule has 2 N–H and O–H groups in total. The molecule has 0 saturated carbocycles. The van der Waals surface area contributed by atoms with Crippen LogP contribution in [0.5, 0.6) is 5.75 Å². The fraction of sp³-hybridized carbons (Fsp3) is 0.348. The quantitative estimate of drug-likeness (QED) is 0.702. The van der Waals surface area contributed by atoms with Crippen molar-refractivity contribution in [1.82, 2.24) is 10.2 Å². The molecular formula is C23H27N3O4. The minimum atomic E-state index is -0.673. The first kappa shape index (κ1) is 21.4. The van der Waals surface area contributed by atoms with Crippen LogP contribution in [0.1, 0.15) is 37.8 Å². The summed E-state index contributed by atoms with van der Waals surface area (Å²) in [5.41, 5.74) is 1.38. The van der Waals surface area contributed by atoms with E-state index in [0.29, 0.717) is 30.9 Å². The number of likely N-dealkylation sites (N-methyl/N-ethyl adjacent to an activating group) is 1. The maximum atomic E-state index is 13.1. The highest BCUT2D eigenvalue weighted by atomic mass is 16.5. The lowest BCUT2D eigenvalue weighted by Gasteiger charge is -2.34. The van der Waals surface area contributed by atoms with Crippen molar-refractivity contribution < 1.29 is 19.1 Å². The Morgan fingerprint density at radius 3 is 2.47 bits per heavy atom. The molecule has 0 aromatic heterocycles. The highest BCUT2D eigenvalue weighted by molar-refractivity contribution is 5.98. The van der Waals surface area contributed by atoms with Crippen LogP contribution in [0.15, 0.2) is 54.6 Å². The molecule has 1 atom stereocenters. The summed E-state index contributed by atoms with van der Waals surface area (Å²) < 4.78 is 5.43. The summed E-state index contributed by atoms with van der Waals surface area (Å²) in [7, 11) is 0. The first-order valence-corrected chi connectivity index (χ1v) is 10.2. The third-order valence-electron chi connectivity index (χ3n) is 4.90. The van der Waals surface area contributed by atoms with E-state index in [1.54, 1.807) is 29.2 Å². The van der Waals surface area contributed by atoms with Crippen LogP contribution in [0, 0.1) is 0 Å². The van der Waals surface area contributed by atoms with Gasteiger partial charge < -0.3 is 20.3 Å². The van der Waals surface area contributed by atoms with Crippen LogP contribution in [0.2, 0.25) is 0 Å². The molecule has 0 spiro atoms. The first-order valence-electron chi connectivity index (χ1n) is 10.2. The van der Waals surface area contributed by atoms with Crippen molar-refractivity contribution in [2.45, 2.75) is 32.2 Å². The number of carbonyl (C=O) groups excluding carboxylic acids is 3. The zero-order valence-electron chi connectivity index (χ0n) is 17.1. The number of carbonyl (C=O) groups is 3. The average molecular weight is 409 g/mol. The fourth-order valence-electron chi connectivity index (χ4n) is 3.45. The van der Waals surface area contributed by atoms with Crippen LogP contribution in [0.3, 0.4) is 0 Å². The number of benzene rings is 2. The lowest BCUT2D eigenvalue weighted by Crippen LogP contribution is -2.43. The Labute approximate surface area is 176 Å². The third-order valence-corrected chi connectivity index (χ3v) is 4.90.